The number of nitrogens with zero attached hydrogens (tertiary/aromatic N) is 2. The maximum Gasteiger partial charge on any atom is 0.254 e. The normalized spacial score (nSPS) is 17.3. The standard InChI is InChI=1S/C18H16N2OS/c21-18(14-6-2-1-3-7-14)20-12-11-19-10-4-8-15(19)17(20)16-9-5-13-22-16/h1-10,13,17H,11-12H2. The van der Waals surface area contributed by atoms with Crippen molar-refractivity contribution in [2.75, 3.05) is 6.54 Å². The maximum atomic E-state index is 13.0. The summed E-state index contributed by atoms with van der Waals surface area (Å²) in [7, 11) is 0. The van der Waals surface area contributed by atoms with Crippen molar-refractivity contribution >= 4 is 17.2 Å². The van der Waals surface area contributed by atoms with Gasteiger partial charge in [0.1, 0.15) is 6.04 Å². The Morgan fingerprint density at radius 3 is 2.64 bits per heavy atom. The molecule has 1 aliphatic heterocycles. The Labute approximate surface area is 133 Å². The van der Waals surface area contributed by atoms with Crippen LogP contribution in [-0.4, -0.2) is 21.9 Å². The van der Waals surface area contributed by atoms with Crippen molar-refractivity contribution in [1.29, 1.82) is 0 Å². The fraction of sp³-hybridized carbons (Fsp3) is 0.167. The van der Waals surface area contributed by atoms with Gasteiger partial charge in [0.25, 0.3) is 5.91 Å². The Kier molecular flexibility index (Phi) is 3.31. The van der Waals surface area contributed by atoms with Gasteiger partial charge in [0, 0.05) is 35.4 Å². The quantitative estimate of drug-likeness (QED) is 0.707. The van der Waals surface area contributed by atoms with Crippen LogP contribution in [-0.2, 0) is 6.54 Å². The van der Waals surface area contributed by atoms with Gasteiger partial charge in [-0.3, -0.25) is 4.79 Å². The number of carbonyl (C=O) groups excluding carboxylic acids is 1. The number of fused-ring (bicyclic) bond motifs is 1. The summed E-state index contributed by atoms with van der Waals surface area (Å²) in [5.74, 6) is 0.103. The molecule has 0 N–H and O–H groups in total. The maximum absolute atomic E-state index is 13.0. The molecule has 1 aromatic carbocycles. The van der Waals surface area contributed by atoms with Crippen LogP contribution in [0.15, 0.2) is 66.2 Å². The van der Waals surface area contributed by atoms with Crippen LogP contribution in [0.1, 0.15) is 27.0 Å². The van der Waals surface area contributed by atoms with Crippen molar-refractivity contribution in [3.63, 3.8) is 0 Å². The minimum atomic E-state index is 0.0106. The number of thiophene rings is 1. The molecule has 3 nitrogen and oxygen atoms in total. The third-order valence-electron chi connectivity index (χ3n) is 4.13. The molecule has 22 heavy (non-hydrogen) atoms. The highest BCUT2D eigenvalue weighted by molar-refractivity contribution is 7.10. The topological polar surface area (TPSA) is 25.2 Å². The largest absolute Gasteiger partial charge is 0.347 e. The molecule has 2 aromatic heterocycles. The van der Waals surface area contributed by atoms with Crippen LogP contribution in [0.25, 0.3) is 0 Å². The molecule has 3 aromatic rings. The summed E-state index contributed by atoms with van der Waals surface area (Å²) in [6.45, 7) is 1.58. The molecular weight excluding hydrogens is 292 g/mol. The molecule has 0 fully saturated rings. The van der Waals surface area contributed by atoms with E-state index in [-0.39, 0.29) is 11.9 Å². The summed E-state index contributed by atoms with van der Waals surface area (Å²) in [6.07, 6.45) is 2.10. The van der Waals surface area contributed by atoms with Crippen molar-refractivity contribution < 1.29 is 4.79 Å². The fourth-order valence-electron chi connectivity index (χ4n) is 3.09. The number of carbonyl (C=O) groups is 1. The first-order valence-corrected chi connectivity index (χ1v) is 8.27. The number of hydrogen-bond donors (Lipinski definition) is 0. The van der Waals surface area contributed by atoms with Gasteiger partial charge in [-0.1, -0.05) is 24.3 Å². The van der Waals surface area contributed by atoms with Crippen LogP contribution >= 0.6 is 11.3 Å². The molecule has 1 atom stereocenters. The number of benzene rings is 1. The number of hydrogen-bond acceptors (Lipinski definition) is 2. The highest BCUT2D eigenvalue weighted by Gasteiger charge is 2.33. The van der Waals surface area contributed by atoms with E-state index < -0.39 is 0 Å². The van der Waals surface area contributed by atoms with Gasteiger partial charge < -0.3 is 9.47 Å². The van der Waals surface area contributed by atoms with Gasteiger partial charge in [0.15, 0.2) is 0 Å². The lowest BCUT2D eigenvalue weighted by Crippen LogP contribution is -2.42. The van der Waals surface area contributed by atoms with Crippen LogP contribution in [0.2, 0.25) is 0 Å². The van der Waals surface area contributed by atoms with E-state index in [0.29, 0.717) is 0 Å². The molecule has 3 heterocycles. The SMILES string of the molecule is O=C(c1ccccc1)N1CCn2cccc2C1c1cccs1. The van der Waals surface area contributed by atoms with Crippen molar-refractivity contribution in [2.24, 2.45) is 0 Å². The number of rotatable bonds is 2. The zero-order valence-electron chi connectivity index (χ0n) is 12.1. The van der Waals surface area contributed by atoms with E-state index in [4.69, 9.17) is 0 Å². The minimum Gasteiger partial charge on any atom is -0.347 e. The summed E-state index contributed by atoms with van der Waals surface area (Å²) in [5, 5.41) is 2.07. The highest BCUT2D eigenvalue weighted by atomic mass is 32.1. The molecule has 0 spiro atoms. The smallest absolute Gasteiger partial charge is 0.254 e. The first-order chi connectivity index (χ1) is 10.8. The van der Waals surface area contributed by atoms with E-state index in [0.717, 1.165) is 18.7 Å². The fourth-order valence-corrected chi connectivity index (χ4v) is 3.94. The van der Waals surface area contributed by atoms with Gasteiger partial charge in [-0.05, 0) is 35.7 Å². The molecular formula is C18H16N2OS. The van der Waals surface area contributed by atoms with Crippen molar-refractivity contribution in [3.8, 4) is 0 Å². The van der Waals surface area contributed by atoms with Gasteiger partial charge in [0.05, 0.1) is 0 Å². The molecule has 0 saturated heterocycles. The Balaban J connectivity index is 1.77. The summed E-state index contributed by atoms with van der Waals surface area (Å²) in [6, 6.07) is 17.9. The Morgan fingerprint density at radius 2 is 1.86 bits per heavy atom. The predicted molar refractivity (Wildman–Crippen MR) is 88.1 cm³/mol. The molecule has 0 saturated carbocycles. The summed E-state index contributed by atoms with van der Waals surface area (Å²) in [5.41, 5.74) is 1.95. The first kappa shape index (κ1) is 13.3. The lowest BCUT2D eigenvalue weighted by Gasteiger charge is -2.36. The zero-order valence-corrected chi connectivity index (χ0v) is 12.9. The lowest BCUT2D eigenvalue weighted by atomic mass is 10.1. The van der Waals surface area contributed by atoms with Gasteiger partial charge in [-0.25, -0.2) is 0 Å². The van der Waals surface area contributed by atoms with Crippen LogP contribution in [0, 0.1) is 0 Å². The molecule has 1 aliphatic rings. The average molecular weight is 308 g/mol. The van der Waals surface area contributed by atoms with E-state index in [2.05, 4.69) is 34.3 Å². The van der Waals surface area contributed by atoms with Gasteiger partial charge >= 0.3 is 0 Å². The monoisotopic (exact) mass is 308 g/mol. The lowest BCUT2D eigenvalue weighted by molar-refractivity contribution is 0.0667. The number of aromatic nitrogens is 1. The van der Waals surface area contributed by atoms with Crippen LogP contribution in [0.3, 0.4) is 0 Å². The molecule has 4 heteroatoms. The summed E-state index contributed by atoms with van der Waals surface area (Å²) >= 11 is 1.71. The first-order valence-electron chi connectivity index (χ1n) is 7.39. The van der Waals surface area contributed by atoms with Crippen LogP contribution < -0.4 is 0 Å². The van der Waals surface area contributed by atoms with Crippen molar-refractivity contribution in [3.05, 3.63) is 82.3 Å². The van der Waals surface area contributed by atoms with E-state index >= 15 is 0 Å². The van der Waals surface area contributed by atoms with Crippen molar-refractivity contribution in [2.45, 2.75) is 12.6 Å². The van der Waals surface area contributed by atoms with Gasteiger partial charge in [0.2, 0.25) is 0 Å². The molecule has 110 valence electrons. The Hall–Kier alpha value is -2.33. The third-order valence-corrected chi connectivity index (χ3v) is 5.06. The molecule has 0 aliphatic carbocycles. The number of amides is 1. The second-order valence-corrected chi connectivity index (χ2v) is 6.39. The van der Waals surface area contributed by atoms with E-state index in [1.165, 1.54) is 10.6 Å². The van der Waals surface area contributed by atoms with Crippen LogP contribution in [0.5, 0.6) is 0 Å². The predicted octanol–water partition coefficient (Wildman–Crippen LogP) is 3.80. The molecule has 0 radical (unpaired) electrons. The molecule has 1 amide bonds. The Morgan fingerprint density at radius 1 is 1.00 bits per heavy atom. The molecule has 0 bridgehead atoms. The highest BCUT2D eigenvalue weighted by Crippen LogP contribution is 2.35. The van der Waals surface area contributed by atoms with E-state index in [1.807, 2.05) is 41.3 Å². The zero-order chi connectivity index (χ0) is 14.9. The second kappa shape index (κ2) is 5.46. The molecule has 1 unspecified atom stereocenters. The van der Waals surface area contributed by atoms with Gasteiger partial charge in [-0.2, -0.15) is 0 Å². The minimum absolute atomic E-state index is 0.0106. The molecule has 4 rings (SSSR count). The van der Waals surface area contributed by atoms with Crippen molar-refractivity contribution in [1.82, 2.24) is 9.47 Å². The van der Waals surface area contributed by atoms with Crippen LogP contribution in [0.4, 0.5) is 0 Å². The van der Waals surface area contributed by atoms with Gasteiger partial charge in [-0.15, -0.1) is 11.3 Å². The van der Waals surface area contributed by atoms with E-state index in [1.54, 1.807) is 11.3 Å². The van der Waals surface area contributed by atoms with E-state index in [9.17, 15) is 4.79 Å². The Bertz CT molecular complexity index is 777. The third kappa shape index (κ3) is 2.16. The summed E-state index contributed by atoms with van der Waals surface area (Å²) in [4.78, 5) is 16.2. The second-order valence-electron chi connectivity index (χ2n) is 5.41. The summed E-state index contributed by atoms with van der Waals surface area (Å²) < 4.78 is 2.25. The average Bonchev–Trinajstić information content (AvgIpc) is 3.25.